The molecule has 1 heterocycles. The number of nitrogens with zero attached hydrogens (tertiary/aromatic N) is 2. The van der Waals surface area contributed by atoms with E-state index in [1.165, 1.54) is 6.07 Å². The molecule has 0 saturated carbocycles. The second-order valence-electron chi connectivity index (χ2n) is 6.58. The van der Waals surface area contributed by atoms with Gasteiger partial charge < -0.3 is 15.2 Å². The third kappa shape index (κ3) is 6.11. The number of hydrogen-bond acceptors (Lipinski definition) is 3. The van der Waals surface area contributed by atoms with Gasteiger partial charge in [0.15, 0.2) is 5.96 Å². The van der Waals surface area contributed by atoms with E-state index in [2.05, 4.69) is 20.8 Å². The number of nitrogens with one attached hydrogen (secondary N) is 2. The van der Waals surface area contributed by atoms with Crippen molar-refractivity contribution in [3.05, 3.63) is 52.4 Å². The molecule has 0 fully saturated rings. The van der Waals surface area contributed by atoms with Crippen molar-refractivity contribution in [3.63, 3.8) is 0 Å². The Morgan fingerprint density at radius 1 is 1.25 bits per heavy atom. The molecule has 1 aromatic heterocycles. The van der Waals surface area contributed by atoms with Crippen LogP contribution in [0.2, 0.25) is 0 Å². The Morgan fingerprint density at radius 2 is 1.93 bits per heavy atom. The number of benzene rings is 1. The van der Waals surface area contributed by atoms with Crippen molar-refractivity contribution < 1.29 is 17.7 Å². The van der Waals surface area contributed by atoms with Gasteiger partial charge >= 0.3 is 6.18 Å². The van der Waals surface area contributed by atoms with Crippen LogP contribution in [0.5, 0.6) is 0 Å². The Balaban J connectivity index is 0.00000392. The van der Waals surface area contributed by atoms with Gasteiger partial charge in [-0.2, -0.15) is 13.2 Å². The third-order valence-electron chi connectivity index (χ3n) is 4.45. The molecule has 2 atom stereocenters. The van der Waals surface area contributed by atoms with Crippen molar-refractivity contribution in [1.82, 2.24) is 15.8 Å². The average Bonchev–Trinajstić information content (AvgIpc) is 2.96. The summed E-state index contributed by atoms with van der Waals surface area (Å²) in [4.78, 5) is 4.16. The highest BCUT2D eigenvalue weighted by molar-refractivity contribution is 14.0. The molecule has 0 radical (unpaired) electrons. The normalized spacial score (nSPS) is 14.2. The standard InChI is InChI=1S/C19H25F3N4O.HI/c1-11(17-13(3)26-27-14(17)4)10-24-18(23-5)25-12(2)15-7-6-8-16(9-15)19(20,21)22;/h6-9,11-12H,10H2,1-5H3,(H2,23,24,25);1H. The van der Waals surface area contributed by atoms with Crippen LogP contribution in [0.15, 0.2) is 33.8 Å². The minimum absolute atomic E-state index is 0. The first-order valence-electron chi connectivity index (χ1n) is 8.70. The van der Waals surface area contributed by atoms with Gasteiger partial charge in [-0.25, -0.2) is 0 Å². The Kier molecular flexibility index (Phi) is 8.77. The summed E-state index contributed by atoms with van der Waals surface area (Å²) in [6, 6.07) is 4.94. The maximum Gasteiger partial charge on any atom is 0.416 e. The topological polar surface area (TPSA) is 62.5 Å². The summed E-state index contributed by atoms with van der Waals surface area (Å²) in [5.41, 5.74) is 1.76. The summed E-state index contributed by atoms with van der Waals surface area (Å²) in [5, 5.41) is 10.3. The van der Waals surface area contributed by atoms with Crippen molar-refractivity contribution in [2.45, 2.75) is 45.8 Å². The molecule has 2 rings (SSSR count). The van der Waals surface area contributed by atoms with Crippen LogP contribution in [0.1, 0.15) is 54.0 Å². The number of aromatic nitrogens is 1. The fourth-order valence-electron chi connectivity index (χ4n) is 3.01. The molecule has 0 spiro atoms. The zero-order valence-corrected chi connectivity index (χ0v) is 18.8. The molecule has 0 aliphatic rings. The number of aliphatic imine (C=N–C) groups is 1. The minimum Gasteiger partial charge on any atom is -0.361 e. The average molecular weight is 510 g/mol. The Morgan fingerprint density at radius 3 is 2.46 bits per heavy atom. The van der Waals surface area contributed by atoms with Crippen LogP contribution in [0.25, 0.3) is 0 Å². The molecule has 2 unspecified atom stereocenters. The van der Waals surface area contributed by atoms with Crippen LogP contribution < -0.4 is 10.6 Å². The third-order valence-corrected chi connectivity index (χ3v) is 4.45. The number of alkyl halides is 3. The molecule has 156 valence electrons. The fourth-order valence-corrected chi connectivity index (χ4v) is 3.01. The van der Waals surface area contributed by atoms with Crippen molar-refractivity contribution in [3.8, 4) is 0 Å². The zero-order chi connectivity index (χ0) is 20.2. The summed E-state index contributed by atoms with van der Waals surface area (Å²) >= 11 is 0. The highest BCUT2D eigenvalue weighted by Gasteiger charge is 2.30. The van der Waals surface area contributed by atoms with Gasteiger partial charge in [-0.15, -0.1) is 24.0 Å². The fraction of sp³-hybridized carbons (Fsp3) is 0.474. The molecule has 0 bridgehead atoms. The van der Waals surface area contributed by atoms with Crippen molar-refractivity contribution in [2.75, 3.05) is 13.6 Å². The SMILES string of the molecule is CN=C(NCC(C)c1c(C)noc1C)NC(C)c1cccc(C(F)(F)F)c1.I. The first kappa shape index (κ1) is 24.3. The first-order chi connectivity index (χ1) is 12.6. The molecular formula is C19H26F3IN4O. The van der Waals surface area contributed by atoms with Gasteiger partial charge in [-0.1, -0.05) is 24.2 Å². The summed E-state index contributed by atoms with van der Waals surface area (Å²) < 4.78 is 43.9. The van der Waals surface area contributed by atoms with Crippen LogP contribution in [0, 0.1) is 13.8 Å². The molecule has 2 N–H and O–H groups in total. The zero-order valence-electron chi connectivity index (χ0n) is 16.5. The maximum atomic E-state index is 12.9. The summed E-state index contributed by atoms with van der Waals surface area (Å²) in [5.74, 6) is 1.43. The van der Waals surface area contributed by atoms with Gasteiger partial charge in [-0.05, 0) is 38.5 Å². The number of aryl methyl sites for hydroxylation is 2. The monoisotopic (exact) mass is 510 g/mol. The van der Waals surface area contributed by atoms with E-state index in [4.69, 9.17) is 4.52 Å². The molecular weight excluding hydrogens is 484 g/mol. The van der Waals surface area contributed by atoms with Crippen LogP contribution >= 0.6 is 24.0 Å². The maximum absolute atomic E-state index is 12.9. The smallest absolute Gasteiger partial charge is 0.361 e. The predicted octanol–water partition coefficient (Wildman–Crippen LogP) is 4.96. The van der Waals surface area contributed by atoms with Gasteiger partial charge in [0.2, 0.25) is 0 Å². The Hall–Kier alpha value is -1.78. The lowest BCUT2D eigenvalue weighted by atomic mass is 10.00. The molecule has 0 amide bonds. The lowest BCUT2D eigenvalue weighted by molar-refractivity contribution is -0.137. The van der Waals surface area contributed by atoms with E-state index in [1.54, 1.807) is 20.0 Å². The lowest BCUT2D eigenvalue weighted by Crippen LogP contribution is -2.40. The molecule has 2 aromatic rings. The molecule has 28 heavy (non-hydrogen) atoms. The minimum atomic E-state index is -4.36. The predicted molar refractivity (Wildman–Crippen MR) is 114 cm³/mol. The van der Waals surface area contributed by atoms with Crippen molar-refractivity contribution in [1.29, 1.82) is 0 Å². The number of hydrogen-bond donors (Lipinski definition) is 2. The molecule has 1 aromatic carbocycles. The number of rotatable bonds is 5. The van der Waals surface area contributed by atoms with Crippen molar-refractivity contribution >= 4 is 29.9 Å². The van der Waals surface area contributed by atoms with Crippen molar-refractivity contribution in [2.24, 2.45) is 4.99 Å². The van der Waals surface area contributed by atoms with Gasteiger partial charge in [0.25, 0.3) is 0 Å². The van der Waals surface area contributed by atoms with Crippen LogP contribution in [-0.2, 0) is 6.18 Å². The van der Waals surface area contributed by atoms with Gasteiger partial charge in [-0.3, -0.25) is 4.99 Å². The largest absolute Gasteiger partial charge is 0.416 e. The molecule has 0 aliphatic carbocycles. The molecule has 0 saturated heterocycles. The van der Waals surface area contributed by atoms with E-state index < -0.39 is 11.7 Å². The van der Waals surface area contributed by atoms with Crippen LogP contribution in [0.3, 0.4) is 0 Å². The van der Waals surface area contributed by atoms with Crippen LogP contribution in [-0.4, -0.2) is 24.7 Å². The van der Waals surface area contributed by atoms with E-state index in [-0.39, 0.29) is 35.9 Å². The highest BCUT2D eigenvalue weighted by atomic mass is 127. The summed E-state index contributed by atoms with van der Waals surface area (Å²) in [6.45, 7) is 8.18. The summed E-state index contributed by atoms with van der Waals surface area (Å²) in [7, 11) is 1.62. The second kappa shape index (κ2) is 10.1. The second-order valence-corrected chi connectivity index (χ2v) is 6.58. The molecule has 9 heteroatoms. The van der Waals surface area contributed by atoms with Gasteiger partial charge in [0.1, 0.15) is 5.76 Å². The molecule has 0 aliphatic heterocycles. The Bertz CT molecular complexity index is 785. The Labute approximate surface area is 180 Å². The first-order valence-corrected chi connectivity index (χ1v) is 8.70. The van der Waals surface area contributed by atoms with Crippen LogP contribution in [0.4, 0.5) is 13.2 Å². The molecule has 5 nitrogen and oxygen atoms in total. The van der Waals surface area contributed by atoms with E-state index in [9.17, 15) is 13.2 Å². The van der Waals surface area contributed by atoms with Gasteiger partial charge in [0.05, 0.1) is 17.3 Å². The highest BCUT2D eigenvalue weighted by Crippen LogP contribution is 2.30. The van der Waals surface area contributed by atoms with E-state index in [0.29, 0.717) is 18.1 Å². The quantitative estimate of drug-likeness (QED) is 0.339. The van der Waals surface area contributed by atoms with E-state index in [1.807, 2.05) is 20.8 Å². The van der Waals surface area contributed by atoms with E-state index >= 15 is 0 Å². The number of guanidine groups is 1. The van der Waals surface area contributed by atoms with Gasteiger partial charge in [0, 0.05) is 25.1 Å². The number of halogens is 4. The summed E-state index contributed by atoms with van der Waals surface area (Å²) in [6.07, 6.45) is -4.36. The lowest BCUT2D eigenvalue weighted by Gasteiger charge is -2.21. The van der Waals surface area contributed by atoms with E-state index in [0.717, 1.165) is 29.2 Å².